The second-order valence-corrected chi connectivity index (χ2v) is 6.46. The summed E-state index contributed by atoms with van der Waals surface area (Å²) in [6.45, 7) is 6.15. The van der Waals surface area contributed by atoms with Crippen molar-refractivity contribution in [2.24, 2.45) is 17.6 Å². The Hall–Kier alpha value is -0.610. The zero-order chi connectivity index (χ0) is 15.0. The lowest BCUT2D eigenvalue weighted by atomic mass is 9.94. The fourth-order valence-electron chi connectivity index (χ4n) is 3.26. The largest absolute Gasteiger partial charge is 0.345 e. The third-order valence-corrected chi connectivity index (χ3v) is 4.49. The predicted molar refractivity (Wildman–Crippen MR) is 84.5 cm³/mol. The number of amides is 1. The third-order valence-electron chi connectivity index (χ3n) is 4.49. The standard InChI is InChI=1S/C16H33N3O/c1-4-5-14(8-10-17)6-7-16(20)19(3)13-15-9-11-18(2)12-15/h14-15H,4-13,17H2,1-3H3. The van der Waals surface area contributed by atoms with Crippen LogP contribution < -0.4 is 5.73 Å². The molecule has 2 atom stereocenters. The summed E-state index contributed by atoms with van der Waals surface area (Å²) >= 11 is 0. The maximum atomic E-state index is 12.2. The molecule has 2 unspecified atom stereocenters. The Balaban J connectivity index is 2.26. The lowest BCUT2D eigenvalue weighted by Gasteiger charge is -2.22. The smallest absolute Gasteiger partial charge is 0.222 e. The zero-order valence-electron chi connectivity index (χ0n) is 13.6. The van der Waals surface area contributed by atoms with Gasteiger partial charge in [0.25, 0.3) is 0 Å². The molecule has 0 saturated carbocycles. The summed E-state index contributed by atoms with van der Waals surface area (Å²) in [5, 5.41) is 0. The number of carbonyl (C=O) groups excluding carboxylic acids is 1. The summed E-state index contributed by atoms with van der Waals surface area (Å²) in [5.74, 6) is 1.59. The first-order valence-corrected chi connectivity index (χ1v) is 8.19. The molecule has 1 amide bonds. The highest BCUT2D eigenvalue weighted by atomic mass is 16.2. The van der Waals surface area contributed by atoms with E-state index in [-0.39, 0.29) is 0 Å². The van der Waals surface area contributed by atoms with Gasteiger partial charge in [-0.3, -0.25) is 4.79 Å². The minimum absolute atomic E-state index is 0.303. The molecule has 2 N–H and O–H groups in total. The molecule has 1 saturated heterocycles. The van der Waals surface area contributed by atoms with Crippen molar-refractivity contribution in [3.63, 3.8) is 0 Å². The van der Waals surface area contributed by atoms with Gasteiger partial charge in [0.05, 0.1) is 0 Å². The molecule has 4 nitrogen and oxygen atoms in total. The van der Waals surface area contributed by atoms with Gasteiger partial charge in [-0.25, -0.2) is 0 Å². The molecule has 20 heavy (non-hydrogen) atoms. The molecule has 0 aliphatic carbocycles. The van der Waals surface area contributed by atoms with E-state index in [1.54, 1.807) is 0 Å². The van der Waals surface area contributed by atoms with Crippen molar-refractivity contribution in [2.45, 2.75) is 45.4 Å². The fourth-order valence-corrected chi connectivity index (χ4v) is 3.26. The quantitative estimate of drug-likeness (QED) is 0.703. The first-order valence-electron chi connectivity index (χ1n) is 8.19. The SMILES string of the molecule is CCCC(CCN)CCC(=O)N(C)CC1CCN(C)C1. The van der Waals surface area contributed by atoms with Gasteiger partial charge in [-0.05, 0) is 51.2 Å². The van der Waals surface area contributed by atoms with Gasteiger partial charge >= 0.3 is 0 Å². The molecule has 1 rings (SSSR count). The molecule has 0 radical (unpaired) electrons. The molecule has 118 valence electrons. The third kappa shape index (κ3) is 6.23. The van der Waals surface area contributed by atoms with Gasteiger partial charge in [-0.2, -0.15) is 0 Å². The number of carbonyl (C=O) groups is 1. The lowest BCUT2D eigenvalue weighted by molar-refractivity contribution is -0.130. The molecule has 0 aromatic heterocycles. The molecule has 0 aromatic rings. The predicted octanol–water partition coefficient (Wildman–Crippen LogP) is 1.94. The average molecular weight is 283 g/mol. The van der Waals surface area contributed by atoms with Crippen molar-refractivity contribution >= 4 is 5.91 Å². The first kappa shape index (κ1) is 17.4. The van der Waals surface area contributed by atoms with Crippen molar-refractivity contribution in [1.29, 1.82) is 0 Å². The Morgan fingerprint density at radius 1 is 1.40 bits per heavy atom. The molecule has 1 aliphatic rings. The molecule has 1 aliphatic heterocycles. The first-order chi connectivity index (χ1) is 9.56. The Kier molecular flexibility index (Phi) is 8.15. The maximum absolute atomic E-state index is 12.2. The molecule has 4 heteroatoms. The van der Waals surface area contributed by atoms with E-state index >= 15 is 0 Å². The Morgan fingerprint density at radius 2 is 2.15 bits per heavy atom. The molecule has 1 fully saturated rings. The van der Waals surface area contributed by atoms with Gasteiger partial charge in [-0.1, -0.05) is 19.8 Å². The van der Waals surface area contributed by atoms with E-state index in [1.807, 2.05) is 11.9 Å². The van der Waals surface area contributed by atoms with Crippen LogP contribution in [0, 0.1) is 11.8 Å². The number of likely N-dealkylation sites (tertiary alicyclic amines) is 1. The highest BCUT2D eigenvalue weighted by Crippen LogP contribution is 2.19. The molecule has 1 heterocycles. The van der Waals surface area contributed by atoms with Crippen molar-refractivity contribution < 1.29 is 4.79 Å². The highest BCUT2D eigenvalue weighted by molar-refractivity contribution is 5.75. The topological polar surface area (TPSA) is 49.6 Å². The summed E-state index contributed by atoms with van der Waals surface area (Å²) in [5.41, 5.74) is 5.65. The lowest BCUT2D eigenvalue weighted by Crippen LogP contribution is -2.33. The van der Waals surface area contributed by atoms with E-state index in [1.165, 1.54) is 25.8 Å². The van der Waals surface area contributed by atoms with E-state index in [9.17, 15) is 4.79 Å². The summed E-state index contributed by atoms with van der Waals surface area (Å²) in [6, 6.07) is 0. The number of nitrogens with zero attached hydrogens (tertiary/aromatic N) is 2. The molecule has 0 aromatic carbocycles. The normalized spacial score (nSPS) is 21.1. The molecule has 0 bridgehead atoms. The zero-order valence-corrected chi connectivity index (χ0v) is 13.6. The highest BCUT2D eigenvalue weighted by Gasteiger charge is 2.22. The van der Waals surface area contributed by atoms with Gasteiger partial charge in [-0.15, -0.1) is 0 Å². The van der Waals surface area contributed by atoms with Gasteiger partial charge in [0.2, 0.25) is 5.91 Å². The van der Waals surface area contributed by atoms with Crippen LogP contribution in [0.3, 0.4) is 0 Å². The van der Waals surface area contributed by atoms with Crippen molar-refractivity contribution in [2.75, 3.05) is 40.3 Å². The second kappa shape index (κ2) is 9.35. The van der Waals surface area contributed by atoms with E-state index < -0.39 is 0 Å². The summed E-state index contributed by atoms with van der Waals surface area (Å²) in [6.07, 6.45) is 6.34. The molecule has 0 spiro atoms. The van der Waals surface area contributed by atoms with Crippen LogP contribution in [0.1, 0.15) is 45.4 Å². The van der Waals surface area contributed by atoms with Crippen LogP contribution in [0.5, 0.6) is 0 Å². The Morgan fingerprint density at radius 3 is 2.70 bits per heavy atom. The van der Waals surface area contributed by atoms with Crippen molar-refractivity contribution in [1.82, 2.24) is 9.80 Å². The fraction of sp³-hybridized carbons (Fsp3) is 0.938. The summed E-state index contributed by atoms with van der Waals surface area (Å²) < 4.78 is 0. The van der Waals surface area contributed by atoms with Crippen molar-refractivity contribution in [3.05, 3.63) is 0 Å². The van der Waals surface area contributed by atoms with Crippen molar-refractivity contribution in [3.8, 4) is 0 Å². The molecular formula is C16H33N3O. The van der Waals surface area contributed by atoms with E-state index in [0.29, 0.717) is 24.2 Å². The number of rotatable bonds is 9. The summed E-state index contributed by atoms with van der Waals surface area (Å²) in [7, 11) is 4.11. The van der Waals surface area contributed by atoms with E-state index in [4.69, 9.17) is 5.73 Å². The van der Waals surface area contributed by atoms with E-state index in [0.717, 1.165) is 32.5 Å². The van der Waals surface area contributed by atoms with Crippen LogP contribution in [-0.4, -0.2) is 56.0 Å². The van der Waals surface area contributed by atoms with Crippen LogP contribution in [0.25, 0.3) is 0 Å². The van der Waals surface area contributed by atoms with Gasteiger partial charge in [0, 0.05) is 26.6 Å². The van der Waals surface area contributed by atoms with E-state index in [2.05, 4.69) is 18.9 Å². The van der Waals surface area contributed by atoms with Crippen LogP contribution in [0.4, 0.5) is 0 Å². The van der Waals surface area contributed by atoms with Crippen LogP contribution in [-0.2, 0) is 4.79 Å². The van der Waals surface area contributed by atoms with Gasteiger partial charge in [0.15, 0.2) is 0 Å². The number of nitrogens with two attached hydrogens (primary N) is 1. The Labute approximate surface area is 124 Å². The van der Waals surface area contributed by atoms with Crippen LogP contribution in [0.2, 0.25) is 0 Å². The number of hydrogen-bond acceptors (Lipinski definition) is 3. The minimum atomic E-state index is 0.303. The minimum Gasteiger partial charge on any atom is -0.345 e. The Bertz CT molecular complexity index is 277. The maximum Gasteiger partial charge on any atom is 0.222 e. The summed E-state index contributed by atoms with van der Waals surface area (Å²) in [4.78, 5) is 16.5. The molecular weight excluding hydrogens is 250 g/mol. The monoisotopic (exact) mass is 283 g/mol. The van der Waals surface area contributed by atoms with Gasteiger partial charge in [0.1, 0.15) is 0 Å². The van der Waals surface area contributed by atoms with Crippen LogP contribution in [0.15, 0.2) is 0 Å². The second-order valence-electron chi connectivity index (χ2n) is 6.46. The van der Waals surface area contributed by atoms with Crippen LogP contribution >= 0.6 is 0 Å². The number of hydrogen-bond donors (Lipinski definition) is 1. The van der Waals surface area contributed by atoms with Gasteiger partial charge < -0.3 is 15.5 Å². The average Bonchev–Trinajstić information content (AvgIpc) is 2.81.